The second-order valence-corrected chi connectivity index (χ2v) is 8.16. The van der Waals surface area contributed by atoms with E-state index in [0.29, 0.717) is 0 Å². The maximum absolute atomic E-state index is 5.71. The Hall–Kier alpha value is -0.640. The average Bonchev–Trinajstić information content (AvgIpc) is 2.74. The molecule has 172 valence electrons. The summed E-state index contributed by atoms with van der Waals surface area (Å²) in [6.45, 7) is 17.9. The molecule has 0 aliphatic rings. The first-order valence-corrected chi connectivity index (χ1v) is 12.6. The van der Waals surface area contributed by atoms with E-state index in [2.05, 4.69) is 61.8 Å². The van der Waals surface area contributed by atoms with Crippen LogP contribution < -0.4 is 0 Å². The van der Waals surface area contributed by atoms with Gasteiger partial charge in [-0.1, -0.05) is 77.7 Å². The lowest BCUT2D eigenvalue weighted by atomic mass is 10.2. The lowest BCUT2D eigenvalue weighted by Gasteiger charge is -2.21. The summed E-state index contributed by atoms with van der Waals surface area (Å²) in [5, 5.41) is 0. The fourth-order valence-corrected chi connectivity index (χ4v) is 3.29. The van der Waals surface area contributed by atoms with Gasteiger partial charge in [0.15, 0.2) is 0 Å². The number of unbranched alkanes of at least 4 members (excludes halogenated alkanes) is 4. The monoisotopic (exact) mass is 408 g/mol. The van der Waals surface area contributed by atoms with Crippen LogP contribution in [0.4, 0.5) is 0 Å². The van der Waals surface area contributed by atoms with Crippen molar-refractivity contribution < 1.29 is 4.74 Å². The summed E-state index contributed by atoms with van der Waals surface area (Å²) in [7, 11) is 0. The molecule has 3 nitrogen and oxygen atoms in total. The third-order valence-corrected chi connectivity index (χ3v) is 5.30. The maximum atomic E-state index is 5.71. The van der Waals surface area contributed by atoms with E-state index in [-0.39, 0.29) is 0 Å². The van der Waals surface area contributed by atoms with Crippen molar-refractivity contribution in [2.75, 3.05) is 52.5 Å². The van der Waals surface area contributed by atoms with Gasteiger partial charge in [-0.2, -0.15) is 0 Å². The molecule has 0 amide bonds. The first kappa shape index (κ1) is 28.4. The predicted molar refractivity (Wildman–Crippen MR) is 131 cm³/mol. The first-order valence-electron chi connectivity index (χ1n) is 12.6. The molecule has 0 heterocycles. The molecular weight excluding hydrogens is 356 g/mol. The predicted octanol–water partition coefficient (Wildman–Crippen LogP) is 6.70. The lowest BCUT2D eigenvalue weighted by Crippen LogP contribution is -2.26. The minimum Gasteiger partial charge on any atom is -0.373 e. The third-order valence-electron chi connectivity index (χ3n) is 5.30. The van der Waals surface area contributed by atoms with Gasteiger partial charge >= 0.3 is 0 Å². The fraction of sp³-hybridized carbons (Fsp3) is 0.846. The highest BCUT2D eigenvalue weighted by Gasteiger charge is 2.02. The minimum absolute atomic E-state index is 0.730. The second kappa shape index (κ2) is 23.6. The molecule has 0 fully saturated rings. The fourth-order valence-electron chi connectivity index (χ4n) is 3.29. The molecule has 29 heavy (non-hydrogen) atoms. The Balaban J connectivity index is 3.76. The molecule has 0 aromatic heterocycles. The van der Waals surface area contributed by atoms with Crippen molar-refractivity contribution in [3.05, 3.63) is 24.3 Å². The van der Waals surface area contributed by atoms with E-state index in [1.165, 1.54) is 90.6 Å². The molecule has 0 saturated heterocycles. The Morgan fingerprint density at radius 2 is 0.828 bits per heavy atom. The number of ether oxygens (including phenoxy) is 1. The largest absolute Gasteiger partial charge is 0.373 e. The molecule has 0 bridgehead atoms. The second-order valence-electron chi connectivity index (χ2n) is 8.16. The zero-order chi connectivity index (χ0) is 21.4. The molecule has 0 aromatic rings. The average molecular weight is 409 g/mol. The summed E-state index contributed by atoms with van der Waals surface area (Å²) < 4.78 is 5.71. The van der Waals surface area contributed by atoms with E-state index in [9.17, 15) is 0 Å². The van der Waals surface area contributed by atoms with E-state index in [4.69, 9.17) is 4.74 Å². The minimum atomic E-state index is 0.730. The van der Waals surface area contributed by atoms with Crippen LogP contribution in [0.15, 0.2) is 24.3 Å². The normalized spacial score (nSPS) is 12.3. The number of nitrogens with zero attached hydrogens (tertiary/aromatic N) is 2. The van der Waals surface area contributed by atoms with Gasteiger partial charge in [0, 0.05) is 13.1 Å². The van der Waals surface area contributed by atoms with Crippen LogP contribution in [0.2, 0.25) is 0 Å². The Bertz CT molecular complexity index is 318. The number of rotatable bonds is 22. The molecule has 0 N–H and O–H groups in total. The standard InChI is InChI=1S/C26H52N2O/c1-5-9-19-27(20-10-6-2)23-15-13-17-25-29-26-18-14-16-24-28(21-11-7-3)22-12-8-4/h13-14,17-18H,5-12,15-16,19-26H2,1-4H3. The van der Waals surface area contributed by atoms with Crippen LogP contribution >= 0.6 is 0 Å². The molecule has 0 atom stereocenters. The number of hydrogen-bond donors (Lipinski definition) is 0. The highest BCUT2D eigenvalue weighted by molar-refractivity contribution is 4.85. The van der Waals surface area contributed by atoms with Crippen molar-refractivity contribution in [1.82, 2.24) is 9.80 Å². The molecule has 0 aliphatic heterocycles. The molecule has 0 rings (SSSR count). The molecule has 0 aliphatic carbocycles. The molecule has 0 radical (unpaired) electrons. The van der Waals surface area contributed by atoms with Crippen LogP contribution in [-0.2, 0) is 4.74 Å². The molecular formula is C26H52N2O. The van der Waals surface area contributed by atoms with Crippen molar-refractivity contribution in [3.8, 4) is 0 Å². The van der Waals surface area contributed by atoms with E-state index in [1.54, 1.807) is 0 Å². The molecule has 0 saturated carbocycles. The molecule has 0 spiro atoms. The van der Waals surface area contributed by atoms with Crippen molar-refractivity contribution in [2.24, 2.45) is 0 Å². The molecule has 3 heteroatoms. The molecule has 0 unspecified atom stereocenters. The van der Waals surface area contributed by atoms with E-state index in [0.717, 1.165) is 26.1 Å². The van der Waals surface area contributed by atoms with E-state index < -0.39 is 0 Å². The quantitative estimate of drug-likeness (QED) is 0.146. The lowest BCUT2D eigenvalue weighted by molar-refractivity contribution is 0.193. The topological polar surface area (TPSA) is 15.7 Å². The smallest absolute Gasteiger partial charge is 0.0651 e. The van der Waals surface area contributed by atoms with Crippen molar-refractivity contribution >= 4 is 0 Å². The first-order chi connectivity index (χ1) is 14.3. The van der Waals surface area contributed by atoms with Gasteiger partial charge in [-0.05, 0) is 64.7 Å². The summed E-state index contributed by atoms with van der Waals surface area (Å²) in [6, 6.07) is 0. The van der Waals surface area contributed by atoms with Gasteiger partial charge in [0.2, 0.25) is 0 Å². The third kappa shape index (κ3) is 20.4. The SMILES string of the molecule is CCCCN(CCC=CCOCC=CCCN(CCCC)CCCC)CCCC. The van der Waals surface area contributed by atoms with Gasteiger partial charge in [0.05, 0.1) is 13.2 Å². The molecule has 0 aromatic carbocycles. The van der Waals surface area contributed by atoms with Gasteiger partial charge < -0.3 is 14.5 Å². The van der Waals surface area contributed by atoms with Crippen LogP contribution in [0, 0.1) is 0 Å². The van der Waals surface area contributed by atoms with Crippen LogP contribution in [0.5, 0.6) is 0 Å². The Kier molecular flexibility index (Phi) is 23.1. The van der Waals surface area contributed by atoms with Crippen molar-refractivity contribution in [1.29, 1.82) is 0 Å². The highest BCUT2D eigenvalue weighted by Crippen LogP contribution is 2.02. The van der Waals surface area contributed by atoms with Crippen LogP contribution in [0.1, 0.15) is 91.9 Å². The zero-order valence-corrected chi connectivity index (χ0v) is 20.3. The van der Waals surface area contributed by atoms with Gasteiger partial charge in [-0.15, -0.1) is 0 Å². The summed E-state index contributed by atoms with van der Waals surface area (Å²) in [4.78, 5) is 5.23. The van der Waals surface area contributed by atoms with Gasteiger partial charge in [0.25, 0.3) is 0 Å². The van der Waals surface area contributed by atoms with Crippen LogP contribution in [0.25, 0.3) is 0 Å². The van der Waals surface area contributed by atoms with Gasteiger partial charge in [-0.25, -0.2) is 0 Å². The summed E-state index contributed by atoms with van der Waals surface area (Å²) in [6.07, 6.45) is 21.6. The zero-order valence-electron chi connectivity index (χ0n) is 20.3. The van der Waals surface area contributed by atoms with Crippen LogP contribution in [-0.4, -0.2) is 62.3 Å². The summed E-state index contributed by atoms with van der Waals surface area (Å²) in [5.74, 6) is 0. The Morgan fingerprint density at radius 1 is 0.483 bits per heavy atom. The van der Waals surface area contributed by atoms with Crippen molar-refractivity contribution in [3.63, 3.8) is 0 Å². The highest BCUT2D eigenvalue weighted by atomic mass is 16.5. The summed E-state index contributed by atoms with van der Waals surface area (Å²) >= 11 is 0. The van der Waals surface area contributed by atoms with Crippen LogP contribution in [0.3, 0.4) is 0 Å². The van der Waals surface area contributed by atoms with Gasteiger partial charge in [-0.3, -0.25) is 0 Å². The van der Waals surface area contributed by atoms with Crippen molar-refractivity contribution in [2.45, 2.75) is 91.9 Å². The van der Waals surface area contributed by atoms with E-state index in [1.807, 2.05) is 0 Å². The Labute approximate surface area is 183 Å². The van der Waals surface area contributed by atoms with Gasteiger partial charge in [0.1, 0.15) is 0 Å². The summed E-state index contributed by atoms with van der Waals surface area (Å²) in [5.41, 5.74) is 0. The Morgan fingerprint density at radius 3 is 1.14 bits per heavy atom. The van der Waals surface area contributed by atoms with E-state index >= 15 is 0 Å². The maximum Gasteiger partial charge on any atom is 0.0651 e. The number of hydrogen-bond acceptors (Lipinski definition) is 3.